The van der Waals surface area contributed by atoms with Crippen LogP contribution in [0.2, 0.25) is 0 Å². The van der Waals surface area contributed by atoms with Crippen molar-refractivity contribution in [1.82, 2.24) is 9.55 Å². The first-order valence-corrected chi connectivity index (χ1v) is 5.33. The maximum Gasteiger partial charge on any atom is 1.00 e. The first-order valence-electron chi connectivity index (χ1n) is 5.33. The summed E-state index contributed by atoms with van der Waals surface area (Å²) in [6, 6.07) is 7.51. The number of rotatable bonds is 3. The van der Waals surface area contributed by atoms with E-state index in [9.17, 15) is 24.3 Å². The van der Waals surface area contributed by atoms with Crippen LogP contribution in [0.1, 0.15) is 20.8 Å². The summed E-state index contributed by atoms with van der Waals surface area (Å²) in [6.07, 6.45) is 0. The van der Waals surface area contributed by atoms with Crippen LogP contribution >= 0.6 is 0 Å². The Kier molecular flexibility index (Phi) is 7.59. The number of aromatic amines is 1. The molecule has 22 heavy (non-hydrogen) atoms. The van der Waals surface area contributed by atoms with Crippen molar-refractivity contribution in [2.24, 2.45) is 0 Å². The van der Waals surface area contributed by atoms with Crippen LogP contribution < -0.4 is 67.7 Å². The minimum atomic E-state index is -1.95. The minimum Gasteiger partial charge on any atom is -0.543 e. The number of H-pyrrole nitrogens is 1. The van der Waals surface area contributed by atoms with Gasteiger partial charge in [-0.05, 0) is 12.1 Å². The first kappa shape index (κ1) is 20.4. The van der Waals surface area contributed by atoms with E-state index in [0.29, 0.717) is 4.57 Å². The summed E-state index contributed by atoms with van der Waals surface area (Å²) in [4.78, 5) is 47.4. The molecule has 0 spiro atoms. The van der Waals surface area contributed by atoms with Crippen molar-refractivity contribution in [2.45, 2.75) is 0 Å². The molecular formula is C12H9KN2O7. The third kappa shape index (κ3) is 3.79. The van der Waals surface area contributed by atoms with E-state index in [1.807, 2.05) is 4.98 Å². The predicted molar refractivity (Wildman–Crippen MR) is 67.6 cm³/mol. The van der Waals surface area contributed by atoms with Gasteiger partial charge in [-0.2, -0.15) is 0 Å². The van der Waals surface area contributed by atoms with Gasteiger partial charge in [0.05, 0.1) is 17.4 Å². The van der Waals surface area contributed by atoms with Crippen LogP contribution in [0.15, 0.2) is 39.9 Å². The fourth-order valence-electron chi connectivity index (χ4n) is 1.70. The largest absolute Gasteiger partial charge is 1.00 e. The molecule has 0 atom stereocenters. The number of aromatic nitrogens is 2. The topological polar surface area (TPSA) is 164 Å². The van der Waals surface area contributed by atoms with E-state index >= 15 is 0 Å². The number of aromatic carboxylic acids is 2. The molecule has 0 amide bonds. The van der Waals surface area contributed by atoms with E-state index in [1.165, 1.54) is 24.3 Å². The van der Waals surface area contributed by atoms with Crippen molar-refractivity contribution in [3.05, 3.63) is 62.4 Å². The quantitative estimate of drug-likeness (QED) is 0.533. The fraction of sp³-hybridized carbons (Fsp3) is 0. The molecule has 0 radical (unpaired) electrons. The van der Waals surface area contributed by atoms with Crippen molar-refractivity contribution in [1.29, 1.82) is 0 Å². The van der Waals surface area contributed by atoms with Crippen molar-refractivity contribution < 1.29 is 76.7 Å². The average Bonchev–Trinajstić information content (AvgIpc) is 2.38. The summed E-state index contributed by atoms with van der Waals surface area (Å²) < 4.78 is 0.538. The molecule has 0 unspecified atom stereocenters. The second-order valence-corrected chi connectivity index (χ2v) is 3.75. The van der Waals surface area contributed by atoms with E-state index in [0.717, 1.165) is 0 Å². The van der Waals surface area contributed by atoms with Crippen LogP contribution in [0.5, 0.6) is 0 Å². The molecule has 9 nitrogen and oxygen atoms in total. The van der Waals surface area contributed by atoms with Gasteiger partial charge >= 0.3 is 63.0 Å². The second kappa shape index (κ2) is 8.17. The molecule has 0 fully saturated rings. The van der Waals surface area contributed by atoms with Gasteiger partial charge in [0, 0.05) is 0 Å². The number of carbonyl (C=O) groups is 2. The van der Waals surface area contributed by atoms with E-state index in [1.54, 1.807) is 6.07 Å². The zero-order valence-corrected chi connectivity index (χ0v) is 14.4. The van der Waals surface area contributed by atoms with Crippen molar-refractivity contribution >= 4 is 11.9 Å². The smallest absolute Gasteiger partial charge is 0.543 e. The molecule has 2 rings (SSSR count). The van der Waals surface area contributed by atoms with Crippen molar-refractivity contribution in [3.63, 3.8) is 0 Å². The number of carboxylic acid groups (broad SMARTS) is 2. The Morgan fingerprint density at radius 3 is 2.14 bits per heavy atom. The molecule has 0 saturated carbocycles. The van der Waals surface area contributed by atoms with E-state index < -0.39 is 34.4 Å². The molecule has 1 aromatic heterocycles. The summed E-state index contributed by atoms with van der Waals surface area (Å²) in [7, 11) is 0. The van der Waals surface area contributed by atoms with Crippen LogP contribution in [0.25, 0.3) is 5.69 Å². The fourth-order valence-corrected chi connectivity index (χ4v) is 1.70. The summed E-state index contributed by atoms with van der Waals surface area (Å²) >= 11 is 0. The van der Waals surface area contributed by atoms with Crippen LogP contribution in [-0.2, 0) is 0 Å². The SMILES string of the molecule is O.O=C([O-])c1[nH]c(=O)n(-c2ccccc2)c(=O)c1C(=O)O.[K+]. The molecule has 10 heteroatoms. The summed E-state index contributed by atoms with van der Waals surface area (Å²) in [5.74, 6) is -3.72. The number of nitrogens with zero attached hydrogens (tertiary/aromatic N) is 1. The Balaban J connectivity index is 0.00000220. The number of carbonyl (C=O) groups excluding carboxylic acids is 1. The molecule has 0 bridgehead atoms. The monoisotopic (exact) mass is 332 g/mol. The summed E-state index contributed by atoms with van der Waals surface area (Å²) in [5.41, 5.74) is -4.31. The normalized spacial score (nSPS) is 9.27. The Labute approximate surface area is 165 Å². The predicted octanol–water partition coefficient (Wildman–Crippen LogP) is -5.23. The van der Waals surface area contributed by atoms with Gasteiger partial charge in [0.2, 0.25) is 0 Å². The van der Waals surface area contributed by atoms with Gasteiger partial charge in [-0.3, -0.25) is 4.79 Å². The molecule has 0 aliphatic carbocycles. The van der Waals surface area contributed by atoms with Gasteiger partial charge in [0.15, 0.2) is 5.56 Å². The average molecular weight is 332 g/mol. The summed E-state index contributed by atoms with van der Waals surface area (Å²) in [6.45, 7) is 0. The van der Waals surface area contributed by atoms with Crippen LogP contribution in [0.4, 0.5) is 0 Å². The number of nitrogens with one attached hydrogen (secondary N) is 1. The van der Waals surface area contributed by atoms with Crippen LogP contribution in [-0.4, -0.2) is 32.1 Å². The van der Waals surface area contributed by atoms with E-state index in [-0.39, 0.29) is 62.5 Å². The molecule has 0 aliphatic rings. The molecule has 4 N–H and O–H groups in total. The minimum absolute atomic E-state index is 0. The van der Waals surface area contributed by atoms with E-state index in [4.69, 9.17) is 5.11 Å². The van der Waals surface area contributed by atoms with Gasteiger partial charge in [-0.15, -0.1) is 0 Å². The standard InChI is InChI=1S/C12H8N2O6.K.H2O/c15-9-7(10(16)17)8(11(18)19)13-12(20)14(9)6-4-2-1-3-5-6;;/h1-5H,(H,13,20)(H,16,17)(H,18,19);;1H2/q;+1;/p-1. The third-order valence-electron chi connectivity index (χ3n) is 2.53. The Morgan fingerprint density at radius 1 is 1.14 bits per heavy atom. The number of para-hydroxylation sites is 1. The Bertz CT molecular complexity index is 810. The third-order valence-corrected chi connectivity index (χ3v) is 2.53. The molecule has 2 aromatic rings. The van der Waals surface area contributed by atoms with E-state index in [2.05, 4.69) is 0 Å². The molecule has 1 heterocycles. The van der Waals surface area contributed by atoms with Crippen LogP contribution in [0, 0.1) is 0 Å². The number of carboxylic acids is 2. The second-order valence-electron chi connectivity index (χ2n) is 3.75. The number of benzene rings is 1. The van der Waals surface area contributed by atoms with Gasteiger partial charge in [-0.25, -0.2) is 14.2 Å². The molecule has 1 aromatic carbocycles. The Hall–Kier alpha value is -1.56. The number of hydrogen-bond donors (Lipinski definition) is 2. The molecule has 0 saturated heterocycles. The maximum absolute atomic E-state index is 12.0. The van der Waals surface area contributed by atoms with Gasteiger partial charge in [-0.1, -0.05) is 18.2 Å². The molecular weight excluding hydrogens is 323 g/mol. The van der Waals surface area contributed by atoms with Gasteiger partial charge in [0.25, 0.3) is 5.56 Å². The first-order chi connectivity index (χ1) is 9.43. The van der Waals surface area contributed by atoms with Crippen molar-refractivity contribution in [3.8, 4) is 5.69 Å². The zero-order valence-electron chi connectivity index (χ0n) is 11.3. The van der Waals surface area contributed by atoms with Crippen molar-refractivity contribution in [2.75, 3.05) is 0 Å². The Morgan fingerprint density at radius 2 is 1.68 bits per heavy atom. The zero-order chi connectivity index (χ0) is 14.9. The molecule has 110 valence electrons. The number of hydrogen-bond acceptors (Lipinski definition) is 5. The molecule has 0 aliphatic heterocycles. The maximum atomic E-state index is 12.0. The van der Waals surface area contributed by atoms with Gasteiger partial charge < -0.3 is 25.5 Å². The summed E-state index contributed by atoms with van der Waals surface area (Å²) in [5, 5.41) is 19.7. The van der Waals surface area contributed by atoms with Crippen LogP contribution in [0.3, 0.4) is 0 Å². The van der Waals surface area contributed by atoms with Gasteiger partial charge in [0.1, 0.15) is 0 Å².